The van der Waals surface area contributed by atoms with Crippen LogP contribution in [0.25, 0.3) is 0 Å². The second-order valence-corrected chi connectivity index (χ2v) is 4.81. The van der Waals surface area contributed by atoms with E-state index in [4.69, 9.17) is 9.84 Å². The molecule has 0 aliphatic heterocycles. The van der Waals surface area contributed by atoms with Gasteiger partial charge in [-0.3, -0.25) is 14.3 Å². The van der Waals surface area contributed by atoms with Crippen molar-refractivity contribution >= 4 is 11.9 Å². The maximum Gasteiger partial charge on any atom is 0.325 e. The molecule has 0 aliphatic carbocycles. The SMILES string of the molecule is COc1ccc(Cn2cc(C(=O)N[C@@H](C)C(=O)O)cn2)cc1. The van der Waals surface area contributed by atoms with Crippen molar-refractivity contribution in [2.24, 2.45) is 0 Å². The third-order valence-corrected chi connectivity index (χ3v) is 3.12. The fraction of sp³-hybridized carbons (Fsp3) is 0.267. The van der Waals surface area contributed by atoms with E-state index in [1.54, 1.807) is 18.0 Å². The average molecular weight is 303 g/mol. The Morgan fingerprint density at radius 2 is 2.05 bits per heavy atom. The second kappa shape index (κ2) is 6.75. The highest BCUT2D eigenvalue weighted by molar-refractivity contribution is 5.96. The predicted molar refractivity (Wildman–Crippen MR) is 78.9 cm³/mol. The van der Waals surface area contributed by atoms with E-state index in [0.29, 0.717) is 12.1 Å². The average Bonchev–Trinajstić information content (AvgIpc) is 2.96. The third kappa shape index (κ3) is 3.85. The first kappa shape index (κ1) is 15.6. The maximum absolute atomic E-state index is 11.9. The van der Waals surface area contributed by atoms with Crippen LogP contribution in [-0.4, -0.2) is 39.9 Å². The quantitative estimate of drug-likeness (QED) is 0.834. The number of ether oxygens (including phenoxy) is 1. The number of hydrogen-bond acceptors (Lipinski definition) is 4. The van der Waals surface area contributed by atoms with E-state index >= 15 is 0 Å². The fourth-order valence-corrected chi connectivity index (χ4v) is 1.83. The number of benzene rings is 1. The van der Waals surface area contributed by atoms with Crippen LogP contribution in [0.1, 0.15) is 22.8 Å². The van der Waals surface area contributed by atoms with Crippen LogP contribution in [0.4, 0.5) is 0 Å². The van der Waals surface area contributed by atoms with Crippen LogP contribution in [0.5, 0.6) is 5.75 Å². The van der Waals surface area contributed by atoms with Crippen LogP contribution in [0.3, 0.4) is 0 Å². The Hall–Kier alpha value is -2.83. The number of hydrogen-bond donors (Lipinski definition) is 2. The molecule has 116 valence electrons. The predicted octanol–water partition coefficient (Wildman–Crippen LogP) is 1.14. The van der Waals surface area contributed by atoms with Crippen molar-refractivity contribution in [1.29, 1.82) is 0 Å². The van der Waals surface area contributed by atoms with Gasteiger partial charge in [-0.2, -0.15) is 5.10 Å². The molecule has 22 heavy (non-hydrogen) atoms. The molecule has 2 aromatic rings. The first-order valence-corrected chi connectivity index (χ1v) is 6.68. The molecule has 7 heteroatoms. The second-order valence-electron chi connectivity index (χ2n) is 4.81. The van der Waals surface area contributed by atoms with Crippen LogP contribution in [0, 0.1) is 0 Å². The van der Waals surface area contributed by atoms with Crippen LogP contribution < -0.4 is 10.1 Å². The zero-order valence-electron chi connectivity index (χ0n) is 12.3. The lowest BCUT2D eigenvalue weighted by molar-refractivity contribution is -0.138. The van der Waals surface area contributed by atoms with E-state index in [2.05, 4.69) is 10.4 Å². The summed E-state index contributed by atoms with van der Waals surface area (Å²) in [4.78, 5) is 22.6. The van der Waals surface area contributed by atoms with Gasteiger partial charge >= 0.3 is 5.97 Å². The van der Waals surface area contributed by atoms with Gasteiger partial charge in [0.2, 0.25) is 0 Å². The van der Waals surface area contributed by atoms with Gasteiger partial charge < -0.3 is 15.2 Å². The molecular formula is C15H17N3O4. The molecule has 0 saturated heterocycles. The van der Waals surface area contributed by atoms with Crippen molar-refractivity contribution in [3.63, 3.8) is 0 Å². The molecule has 1 aromatic carbocycles. The highest BCUT2D eigenvalue weighted by Crippen LogP contribution is 2.12. The normalized spacial score (nSPS) is 11.7. The molecule has 1 aromatic heterocycles. The van der Waals surface area contributed by atoms with E-state index in [0.717, 1.165) is 11.3 Å². The minimum absolute atomic E-state index is 0.321. The molecule has 1 amide bonds. The lowest BCUT2D eigenvalue weighted by Gasteiger charge is -2.07. The minimum Gasteiger partial charge on any atom is -0.497 e. The van der Waals surface area contributed by atoms with Gasteiger partial charge in [0.05, 0.1) is 25.4 Å². The lowest BCUT2D eigenvalue weighted by Crippen LogP contribution is -2.38. The molecule has 0 spiro atoms. The molecule has 7 nitrogen and oxygen atoms in total. The van der Waals surface area contributed by atoms with Gasteiger partial charge in [-0.05, 0) is 24.6 Å². The molecule has 0 radical (unpaired) electrons. The Labute approximate surface area is 127 Å². The minimum atomic E-state index is -1.08. The summed E-state index contributed by atoms with van der Waals surface area (Å²) in [5, 5.41) is 15.3. The van der Waals surface area contributed by atoms with E-state index < -0.39 is 17.9 Å². The number of aromatic nitrogens is 2. The van der Waals surface area contributed by atoms with Crippen molar-refractivity contribution < 1.29 is 19.4 Å². The lowest BCUT2D eigenvalue weighted by atomic mass is 10.2. The Bertz CT molecular complexity index is 664. The van der Waals surface area contributed by atoms with Crippen LogP contribution in [-0.2, 0) is 11.3 Å². The van der Waals surface area contributed by atoms with Crippen molar-refractivity contribution in [3.05, 3.63) is 47.8 Å². The number of carbonyl (C=O) groups excluding carboxylic acids is 1. The summed E-state index contributed by atoms with van der Waals surface area (Å²) >= 11 is 0. The van der Waals surface area contributed by atoms with Crippen LogP contribution in [0.15, 0.2) is 36.7 Å². The molecular weight excluding hydrogens is 286 g/mol. The summed E-state index contributed by atoms with van der Waals surface area (Å²) < 4.78 is 6.70. The van der Waals surface area contributed by atoms with Gasteiger partial charge in [0.25, 0.3) is 5.91 Å². The summed E-state index contributed by atoms with van der Waals surface area (Å²) in [5.41, 5.74) is 1.33. The van der Waals surface area contributed by atoms with E-state index in [9.17, 15) is 9.59 Å². The summed E-state index contributed by atoms with van der Waals surface area (Å²) in [6.07, 6.45) is 2.99. The Kier molecular flexibility index (Phi) is 4.77. The third-order valence-electron chi connectivity index (χ3n) is 3.12. The summed E-state index contributed by atoms with van der Waals surface area (Å²) in [6, 6.07) is 6.57. The van der Waals surface area contributed by atoms with Crippen molar-refractivity contribution in [3.8, 4) is 5.75 Å². The Morgan fingerprint density at radius 1 is 1.36 bits per heavy atom. The highest BCUT2D eigenvalue weighted by Gasteiger charge is 2.16. The largest absolute Gasteiger partial charge is 0.497 e. The van der Waals surface area contributed by atoms with Gasteiger partial charge in [-0.25, -0.2) is 0 Å². The molecule has 0 saturated carbocycles. The fourth-order valence-electron chi connectivity index (χ4n) is 1.83. The van der Waals surface area contributed by atoms with Gasteiger partial charge in [0.15, 0.2) is 0 Å². The zero-order chi connectivity index (χ0) is 16.1. The molecule has 0 fully saturated rings. The van der Waals surface area contributed by atoms with Gasteiger partial charge in [0.1, 0.15) is 11.8 Å². The van der Waals surface area contributed by atoms with Crippen molar-refractivity contribution in [2.75, 3.05) is 7.11 Å². The maximum atomic E-state index is 11.9. The molecule has 0 unspecified atom stereocenters. The number of carboxylic acid groups (broad SMARTS) is 1. The van der Waals surface area contributed by atoms with Crippen molar-refractivity contribution in [2.45, 2.75) is 19.5 Å². The number of rotatable bonds is 6. The Balaban J connectivity index is 2.01. The number of carboxylic acids is 1. The number of nitrogens with one attached hydrogen (secondary N) is 1. The Morgan fingerprint density at radius 3 is 2.64 bits per heavy atom. The van der Waals surface area contributed by atoms with Gasteiger partial charge in [-0.15, -0.1) is 0 Å². The number of aliphatic carboxylic acids is 1. The van der Waals surface area contributed by atoms with Crippen LogP contribution >= 0.6 is 0 Å². The molecule has 1 heterocycles. The summed E-state index contributed by atoms with van der Waals surface area (Å²) in [6.45, 7) is 1.91. The zero-order valence-corrected chi connectivity index (χ0v) is 12.3. The topological polar surface area (TPSA) is 93.5 Å². The first-order chi connectivity index (χ1) is 10.5. The van der Waals surface area contributed by atoms with Crippen LogP contribution in [0.2, 0.25) is 0 Å². The number of amides is 1. The molecule has 1 atom stereocenters. The van der Waals surface area contributed by atoms with Crippen molar-refractivity contribution in [1.82, 2.24) is 15.1 Å². The number of nitrogens with zero attached hydrogens (tertiary/aromatic N) is 2. The monoisotopic (exact) mass is 303 g/mol. The molecule has 0 aliphatic rings. The van der Waals surface area contributed by atoms with E-state index in [-0.39, 0.29) is 0 Å². The summed E-state index contributed by atoms with van der Waals surface area (Å²) in [5.74, 6) is -0.776. The molecule has 0 bridgehead atoms. The standard InChI is InChI=1S/C15H17N3O4/c1-10(15(20)21)17-14(19)12-7-16-18(9-12)8-11-3-5-13(22-2)6-4-11/h3-7,9-10H,8H2,1-2H3,(H,17,19)(H,20,21)/t10-/m0/s1. The number of carbonyl (C=O) groups is 2. The molecule has 2 N–H and O–H groups in total. The molecule has 2 rings (SSSR count). The first-order valence-electron chi connectivity index (χ1n) is 6.68. The highest BCUT2D eigenvalue weighted by atomic mass is 16.5. The van der Waals surface area contributed by atoms with Gasteiger partial charge in [0, 0.05) is 6.20 Å². The van der Waals surface area contributed by atoms with E-state index in [1.807, 2.05) is 24.3 Å². The van der Waals surface area contributed by atoms with E-state index in [1.165, 1.54) is 13.1 Å². The summed E-state index contributed by atoms with van der Waals surface area (Å²) in [7, 11) is 1.60. The van der Waals surface area contributed by atoms with Gasteiger partial charge in [-0.1, -0.05) is 12.1 Å². The smallest absolute Gasteiger partial charge is 0.325 e. The number of methoxy groups -OCH3 is 1.